The van der Waals surface area contributed by atoms with Crippen molar-refractivity contribution in [2.75, 3.05) is 49.5 Å². The molecule has 156 valence electrons. The number of ether oxygens (including phenoxy) is 1. The number of piperazine rings is 1. The number of urea groups is 1. The fourth-order valence-electron chi connectivity index (χ4n) is 3.19. The Hall–Kier alpha value is -2.19. The smallest absolute Gasteiger partial charge is 0.316 e. The molecule has 0 radical (unpaired) electrons. The van der Waals surface area contributed by atoms with Crippen molar-refractivity contribution in [2.24, 2.45) is 5.73 Å². The van der Waals surface area contributed by atoms with Crippen LogP contribution in [0.4, 0.5) is 16.2 Å². The summed E-state index contributed by atoms with van der Waals surface area (Å²) in [6, 6.07) is 11.9. The van der Waals surface area contributed by atoms with E-state index in [-0.39, 0.29) is 6.61 Å². The van der Waals surface area contributed by atoms with Crippen LogP contribution in [0.3, 0.4) is 0 Å². The number of nitrogens with zero attached hydrogens (tertiary/aromatic N) is 2. The lowest BCUT2D eigenvalue weighted by atomic mass is 10.2. The zero-order chi connectivity index (χ0) is 20.8. The molecule has 0 aliphatic carbocycles. The van der Waals surface area contributed by atoms with Crippen molar-refractivity contribution in [3.8, 4) is 5.75 Å². The number of amides is 2. The van der Waals surface area contributed by atoms with Crippen molar-refractivity contribution in [3.05, 3.63) is 52.5 Å². The summed E-state index contributed by atoms with van der Waals surface area (Å²) >= 11 is 12.1. The van der Waals surface area contributed by atoms with E-state index in [1.807, 2.05) is 18.2 Å². The zero-order valence-electron chi connectivity index (χ0n) is 15.9. The van der Waals surface area contributed by atoms with Gasteiger partial charge in [-0.2, -0.15) is 0 Å². The van der Waals surface area contributed by atoms with Gasteiger partial charge in [-0.1, -0.05) is 23.2 Å². The molecular formula is C20H24Cl2N4O3. The summed E-state index contributed by atoms with van der Waals surface area (Å²) in [5, 5.41) is 13.9. The van der Waals surface area contributed by atoms with Crippen LogP contribution in [-0.2, 0) is 0 Å². The van der Waals surface area contributed by atoms with Crippen LogP contribution in [0.25, 0.3) is 0 Å². The van der Waals surface area contributed by atoms with Crippen LogP contribution in [-0.4, -0.2) is 61.5 Å². The number of halogens is 2. The third-order valence-corrected chi connectivity index (χ3v) is 5.41. The minimum atomic E-state index is -0.617. The zero-order valence-corrected chi connectivity index (χ0v) is 17.4. The molecular weight excluding hydrogens is 415 g/mol. The first-order valence-corrected chi connectivity index (χ1v) is 10.1. The molecule has 0 saturated carbocycles. The molecule has 1 aliphatic rings. The van der Waals surface area contributed by atoms with E-state index in [1.54, 1.807) is 24.3 Å². The monoisotopic (exact) mass is 438 g/mol. The fraction of sp³-hybridized carbons (Fsp3) is 0.350. The molecule has 7 nitrogen and oxygen atoms in total. The number of primary amides is 1. The summed E-state index contributed by atoms with van der Waals surface area (Å²) < 4.78 is 5.63. The van der Waals surface area contributed by atoms with E-state index in [1.165, 1.54) is 0 Å². The topological polar surface area (TPSA) is 91.1 Å². The first kappa shape index (κ1) is 21.5. The molecule has 9 heteroatoms. The van der Waals surface area contributed by atoms with Crippen molar-refractivity contribution < 1.29 is 14.6 Å². The number of aliphatic hydroxyl groups excluding tert-OH is 1. The molecule has 4 N–H and O–H groups in total. The number of hydrogen-bond acceptors (Lipinski definition) is 5. The van der Waals surface area contributed by atoms with Crippen molar-refractivity contribution in [1.29, 1.82) is 0 Å². The molecule has 0 bridgehead atoms. The molecule has 29 heavy (non-hydrogen) atoms. The van der Waals surface area contributed by atoms with Gasteiger partial charge in [-0.3, -0.25) is 4.90 Å². The second kappa shape index (κ2) is 10.0. The molecule has 1 saturated heterocycles. The molecule has 1 aliphatic heterocycles. The summed E-state index contributed by atoms with van der Waals surface area (Å²) in [4.78, 5) is 15.3. The van der Waals surface area contributed by atoms with Crippen LogP contribution in [0, 0.1) is 0 Å². The van der Waals surface area contributed by atoms with E-state index >= 15 is 0 Å². The quantitative estimate of drug-likeness (QED) is 0.617. The minimum Gasteiger partial charge on any atom is -0.491 e. The minimum absolute atomic E-state index is 0.190. The fourth-order valence-corrected chi connectivity index (χ4v) is 3.48. The maximum absolute atomic E-state index is 10.8. The van der Waals surface area contributed by atoms with Gasteiger partial charge < -0.3 is 25.8 Å². The van der Waals surface area contributed by atoms with Crippen LogP contribution in [0.1, 0.15) is 0 Å². The Morgan fingerprint density at radius 3 is 2.41 bits per heavy atom. The lowest BCUT2D eigenvalue weighted by Crippen LogP contribution is -2.49. The molecule has 0 aromatic heterocycles. The van der Waals surface area contributed by atoms with E-state index in [2.05, 4.69) is 15.1 Å². The predicted molar refractivity (Wildman–Crippen MR) is 116 cm³/mol. The van der Waals surface area contributed by atoms with Gasteiger partial charge >= 0.3 is 6.03 Å². The average Bonchev–Trinajstić information content (AvgIpc) is 2.70. The second-order valence-electron chi connectivity index (χ2n) is 6.86. The highest BCUT2D eigenvalue weighted by atomic mass is 35.5. The third-order valence-electron chi connectivity index (χ3n) is 4.67. The summed E-state index contributed by atoms with van der Waals surface area (Å²) in [5.41, 5.74) is 6.71. The Balaban J connectivity index is 1.40. The maximum atomic E-state index is 10.8. The van der Waals surface area contributed by atoms with E-state index in [0.717, 1.165) is 31.9 Å². The van der Waals surface area contributed by atoms with E-state index in [9.17, 15) is 9.90 Å². The van der Waals surface area contributed by atoms with Gasteiger partial charge in [0.1, 0.15) is 18.5 Å². The highest BCUT2D eigenvalue weighted by Gasteiger charge is 2.20. The molecule has 1 heterocycles. The first-order valence-electron chi connectivity index (χ1n) is 9.30. The Morgan fingerprint density at radius 1 is 1.10 bits per heavy atom. The number of nitrogens with two attached hydrogens (primary N) is 1. The SMILES string of the molecule is NC(=O)Nc1ccc(OCC(O)CN2CCN(c3ccc(Cl)c(Cl)c3)CC2)cc1. The summed E-state index contributed by atoms with van der Waals surface area (Å²) in [6.07, 6.45) is -0.602. The third kappa shape index (κ3) is 6.40. The Labute approximate surface area is 179 Å². The molecule has 1 atom stereocenters. The van der Waals surface area contributed by atoms with E-state index in [0.29, 0.717) is 28.0 Å². The average molecular weight is 439 g/mol. The van der Waals surface area contributed by atoms with Crippen molar-refractivity contribution in [3.63, 3.8) is 0 Å². The van der Waals surface area contributed by atoms with Gasteiger partial charge in [0, 0.05) is 44.1 Å². The van der Waals surface area contributed by atoms with Gasteiger partial charge in [-0.15, -0.1) is 0 Å². The molecule has 0 spiro atoms. The number of aliphatic hydroxyl groups is 1. The highest BCUT2D eigenvalue weighted by Crippen LogP contribution is 2.27. The van der Waals surface area contributed by atoms with Gasteiger partial charge in [0.15, 0.2) is 0 Å². The maximum Gasteiger partial charge on any atom is 0.316 e. The number of benzene rings is 2. The highest BCUT2D eigenvalue weighted by molar-refractivity contribution is 6.42. The Kier molecular flexibility index (Phi) is 7.44. The van der Waals surface area contributed by atoms with Crippen LogP contribution in [0.15, 0.2) is 42.5 Å². The molecule has 1 unspecified atom stereocenters. The largest absolute Gasteiger partial charge is 0.491 e. The first-order chi connectivity index (χ1) is 13.9. The van der Waals surface area contributed by atoms with Gasteiger partial charge in [0.25, 0.3) is 0 Å². The normalized spacial score (nSPS) is 15.8. The van der Waals surface area contributed by atoms with Gasteiger partial charge in [-0.25, -0.2) is 4.79 Å². The van der Waals surface area contributed by atoms with Crippen LogP contribution in [0.5, 0.6) is 5.75 Å². The standard InChI is InChI=1S/C20H24Cl2N4O3/c21-18-6-3-15(11-19(18)22)26-9-7-25(8-10-26)12-16(27)13-29-17-4-1-14(2-5-17)24-20(23)28/h1-6,11,16,27H,7-10,12-13H2,(H3,23,24,28). The predicted octanol–water partition coefficient (Wildman–Crippen LogP) is 3.05. The van der Waals surface area contributed by atoms with Crippen LogP contribution in [0.2, 0.25) is 10.0 Å². The number of β-amino-alcohol motifs (C(OH)–C–C–N with tert-alkyl or cyclic N) is 1. The molecule has 1 fully saturated rings. The number of anilines is 2. The molecule has 3 rings (SSSR count). The summed E-state index contributed by atoms with van der Waals surface area (Å²) in [6.45, 7) is 4.10. The Morgan fingerprint density at radius 2 is 1.79 bits per heavy atom. The van der Waals surface area contributed by atoms with Crippen molar-refractivity contribution >= 4 is 40.6 Å². The molecule has 2 aromatic rings. The van der Waals surface area contributed by atoms with Gasteiger partial charge in [-0.05, 0) is 42.5 Å². The number of hydrogen-bond donors (Lipinski definition) is 3. The Bertz CT molecular complexity index is 827. The van der Waals surface area contributed by atoms with E-state index < -0.39 is 12.1 Å². The lowest BCUT2D eigenvalue weighted by Gasteiger charge is -2.37. The second-order valence-corrected chi connectivity index (χ2v) is 7.68. The molecule has 2 amide bonds. The van der Waals surface area contributed by atoms with Crippen molar-refractivity contribution in [2.45, 2.75) is 6.10 Å². The lowest BCUT2D eigenvalue weighted by molar-refractivity contribution is 0.0663. The van der Waals surface area contributed by atoms with E-state index in [4.69, 9.17) is 33.7 Å². The van der Waals surface area contributed by atoms with Crippen molar-refractivity contribution in [1.82, 2.24) is 4.90 Å². The number of rotatable bonds is 7. The summed E-state index contributed by atoms with van der Waals surface area (Å²) in [5.74, 6) is 0.614. The molecule has 2 aromatic carbocycles. The number of carbonyl (C=O) groups is 1. The van der Waals surface area contributed by atoms with Crippen LogP contribution >= 0.6 is 23.2 Å². The number of carbonyl (C=O) groups excluding carboxylic acids is 1. The van der Waals surface area contributed by atoms with Gasteiger partial charge in [0.05, 0.1) is 10.0 Å². The van der Waals surface area contributed by atoms with Gasteiger partial charge in [0.2, 0.25) is 0 Å². The van der Waals surface area contributed by atoms with Crippen LogP contribution < -0.4 is 20.7 Å². The summed E-state index contributed by atoms with van der Waals surface area (Å²) in [7, 11) is 0. The number of nitrogens with one attached hydrogen (secondary N) is 1.